The van der Waals surface area contributed by atoms with Crippen LogP contribution in [0, 0.1) is 5.92 Å². The van der Waals surface area contributed by atoms with Gasteiger partial charge in [-0.2, -0.15) is 13.2 Å². The molecule has 2 amide bonds. The molecule has 1 aliphatic carbocycles. The van der Waals surface area contributed by atoms with E-state index in [4.69, 9.17) is 0 Å². The third kappa shape index (κ3) is 3.94. The van der Waals surface area contributed by atoms with Gasteiger partial charge >= 0.3 is 12.2 Å². The van der Waals surface area contributed by atoms with Gasteiger partial charge in [0.15, 0.2) is 0 Å². The van der Waals surface area contributed by atoms with E-state index in [2.05, 4.69) is 10.6 Å². The second kappa shape index (κ2) is 6.91. The molecule has 4 nitrogen and oxygen atoms in total. The molecule has 2 atom stereocenters. The number of carbonyl (C=O) groups excluding carboxylic acids is 1. The number of amides is 2. The summed E-state index contributed by atoms with van der Waals surface area (Å²) in [7, 11) is 0. The van der Waals surface area contributed by atoms with E-state index in [1.165, 1.54) is 0 Å². The molecule has 24 heavy (non-hydrogen) atoms. The summed E-state index contributed by atoms with van der Waals surface area (Å²) in [5.74, 6) is -1.22. The van der Waals surface area contributed by atoms with Gasteiger partial charge in [0.05, 0.1) is 5.92 Å². The van der Waals surface area contributed by atoms with Gasteiger partial charge in [-0.15, -0.1) is 0 Å². The fourth-order valence-electron chi connectivity index (χ4n) is 3.49. The van der Waals surface area contributed by atoms with Crippen LogP contribution in [0.4, 0.5) is 29.3 Å². The Morgan fingerprint density at radius 2 is 2.04 bits per heavy atom. The van der Waals surface area contributed by atoms with Crippen molar-refractivity contribution in [1.29, 1.82) is 0 Å². The van der Waals surface area contributed by atoms with Gasteiger partial charge in [0.25, 0.3) is 0 Å². The zero-order chi connectivity index (χ0) is 17.2. The molecular weight excluding hydrogens is 319 g/mol. The predicted octanol–water partition coefficient (Wildman–Crippen LogP) is 4.14. The van der Waals surface area contributed by atoms with Crippen molar-refractivity contribution >= 4 is 17.4 Å². The Balaban J connectivity index is 1.67. The topological polar surface area (TPSA) is 44.4 Å². The van der Waals surface area contributed by atoms with Crippen LogP contribution in [0.5, 0.6) is 0 Å². The third-order valence-electron chi connectivity index (χ3n) is 4.75. The summed E-state index contributed by atoms with van der Waals surface area (Å²) in [5.41, 5.74) is 1.53. The molecule has 1 aromatic carbocycles. The van der Waals surface area contributed by atoms with Crippen LogP contribution in [-0.4, -0.2) is 31.3 Å². The van der Waals surface area contributed by atoms with Gasteiger partial charge in [-0.1, -0.05) is 12.5 Å². The number of nitrogens with one attached hydrogen (secondary N) is 2. The standard InChI is InChI=1S/C17H22F3N3O/c18-17(19,20)12-4-1-5-13(10-12)22-14-6-2-7-15(11-14)23-9-3-8-21-16(23)24/h2,6-7,11-13,22H,1,3-5,8-10H2,(H,21,24)/t12-,13+/m1/s1. The Kier molecular flexibility index (Phi) is 4.87. The first-order chi connectivity index (χ1) is 11.4. The number of hydrogen-bond donors (Lipinski definition) is 2. The first-order valence-electron chi connectivity index (χ1n) is 8.42. The lowest BCUT2D eigenvalue weighted by molar-refractivity contribution is -0.182. The van der Waals surface area contributed by atoms with E-state index in [9.17, 15) is 18.0 Å². The Hall–Kier alpha value is -1.92. The molecule has 3 rings (SSSR count). The Morgan fingerprint density at radius 1 is 1.21 bits per heavy atom. The molecule has 2 N–H and O–H groups in total. The van der Waals surface area contributed by atoms with Crippen molar-refractivity contribution in [2.45, 2.75) is 44.3 Å². The maximum Gasteiger partial charge on any atom is 0.391 e. The van der Waals surface area contributed by atoms with Gasteiger partial charge in [0.1, 0.15) is 0 Å². The Labute approximate surface area is 139 Å². The number of benzene rings is 1. The molecular formula is C17H22F3N3O. The number of urea groups is 1. The van der Waals surface area contributed by atoms with Crippen LogP contribution in [0.15, 0.2) is 24.3 Å². The van der Waals surface area contributed by atoms with E-state index in [0.29, 0.717) is 19.5 Å². The molecule has 2 aliphatic rings. The van der Waals surface area contributed by atoms with E-state index in [-0.39, 0.29) is 24.9 Å². The number of nitrogens with zero attached hydrogens (tertiary/aromatic N) is 1. The van der Waals surface area contributed by atoms with Crippen molar-refractivity contribution in [1.82, 2.24) is 5.32 Å². The van der Waals surface area contributed by atoms with E-state index in [1.807, 2.05) is 24.3 Å². The largest absolute Gasteiger partial charge is 0.391 e. The lowest BCUT2D eigenvalue weighted by atomic mass is 9.85. The summed E-state index contributed by atoms with van der Waals surface area (Å²) in [5, 5.41) is 6.01. The summed E-state index contributed by atoms with van der Waals surface area (Å²) in [6.45, 7) is 1.32. The maximum absolute atomic E-state index is 12.9. The molecule has 1 aromatic rings. The minimum atomic E-state index is -4.12. The summed E-state index contributed by atoms with van der Waals surface area (Å²) >= 11 is 0. The minimum absolute atomic E-state index is 0.109. The molecule has 0 aromatic heterocycles. The molecule has 1 heterocycles. The summed E-state index contributed by atoms with van der Waals surface area (Å²) < 4.78 is 38.8. The van der Waals surface area contributed by atoms with Crippen molar-refractivity contribution in [2.24, 2.45) is 5.92 Å². The molecule has 7 heteroatoms. The summed E-state index contributed by atoms with van der Waals surface area (Å²) in [6, 6.07) is 7.02. The fraction of sp³-hybridized carbons (Fsp3) is 0.588. The fourth-order valence-corrected chi connectivity index (χ4v) is 3.49. The molecule has 1 aliphatic heterocycles. The van der Waals surface area contributed by atoms with Gasteiger partial charge in [0.2, 0.25) is 0 Å². The van der Waals surface area contributed by atoms with Crippen LogP contribution in [0.2, 0.25) is 0 Å². The van der Waals surface area contributed by atoms with Crippen molar-refractivity contribution in [3.8, 4) is 0 Å². The van der Waals surface area contributed by atoms with Gasteiger partial charge in [-0.3, -0.25) is 4.90 Å². The molecule has 1 saturated heterocycles. The highest BCUT2D eigenvalue weighted by molar-refractivity contribution is 5.93. The SMILES string of the molecule is O=C1NCCCN1c1cccc(N[C@H]2CCC[C@@H](C(F)(F)F)C2)c1. The van der Waals surface area contributed by atoms with Crippen LogP contribution in [-0.2, 0) is 0 Å². The van der Waals surface area contributed by atoms with Crippen LogP contribution >= 0.6 is 0 Å². The predicted molar refractivity (Wildman–Crippen MR) is 87.2 cm³/mol. The second-order valence-electron chi connectivity index (χ2n) is 6.53. The molecule has 0 spiro atoms. The number of halogens is 3. The molecule has 0 bridgehead atoms. The molecule has 0 radical (unpaired) electrons. The first kappa shape index (κ1) is 16.9. The van der Waals surface area contributed by atoms with Crippen molar-refractivity contribution in [2.75, 3.05) is 23.3 Å². The second-order valence-corrected chi connectivity index (χ2v) is 6.53. The van der Waals surface area contributed by atoms with E-state index in [1.54, 1.807) is 4.90 Å². The van der Waals surface area contributed by atoms with Gasteiger partial charge in [0, 0.05) is 30.5 Å². The first-order valence-corrected chi connectivity index (χ1v) is 8.42. The number of alkyl halides is 3. The van der Waals surface area contributed by atoms with Crippen molar-refractivity contribution < 1.29 is 18.0 Å². The van der Waals surface area contributed by atoms with Crippen molar-refractivity contribution in [3.63, 3.8) is 0 Å². The van der Waals surface area contributed by atoms with Gasteiger partial charge in [-0.25, -0.2) is 4.79 Å². The summed E-state index contributed by atoms with van der Waals surface area (Å²) in [4.78, 5) is 13.6. The Morgan fingerprint density at radius 3 is 2.79 bits per heavy atom. The van der Waals surface area contributed by atoms with Crippen LogP contribution < -0.4 is 15.5 Å². The average molecular weight is 341 g/mol. The highest BCUT2D eigenvalue weighted by atomic mass is 19.4. The van der Waals surface area contributed by atoms with Crippen LogP contribution in [0.1, 0.15) is 32.1 Å². The van der Waals surface area contributed by atoms with E-state index in [0.717, 1.165) is 24.2 Å². The third-order valence-corrected chi connectivity index (χ3v) is 4.75. The average Bonchev–Trinajstić information content (AvgIpc) is 2.55. The van der Waals surface area contributed by atoms with Crippen LogP contribution in [0.3, 0.4) is 0 Å². The normalized spacial score (nSPS) is 25.3. The van der Waals surface area contributed by atoms with Crippen molar-refractivity contribution in [3.05, 3.63) is 24.3 Å². The van der Waals surface area contributed by atoms with Gasteiger partial charge in [-0.05, 0) is 43.9 Å². The Bertz CT molecular complexity index is 591. The number of anilines is 2. The lowest BCUT2D eigenvalue weighted by Crippen LogP contribution is -2.46. The molecule has 1 saturated carbocycles. The number of carbonyl (C=O) groups is 1. The zero-order valence-electron chi connectivity index (χ0n) is 13.4. The minimum Gasteiger partial charge on any atom is -0.382 e. The smallest absolute Gasteiger partial charge is 0.382 e. The highest BCUT2D eigenvalue weighted by Gasteiger charge is 2.42. The van der Waals surface area contributed by atoms with E-state index >= 15 is 0 Å². The van der Waals surface area contributed by atoms with E-state index < -0.39 is 12.1 Å². The zero-order valence-corrected chi connectivity index (χ0v) is 13.4. The molecule has 2 fully saturated rings. The quantitative estimate of drug-likeness (QED) is 0.868. The van der Waals surface area contributed by atoms with Gasteiger partial charge < -0.3 is 10.6 Å². The maximum atomic E-state index is 12.9. The number of hydrogen-bond acceptors (Lipinski definition) is 2. The monoisotopic (exact) mass is 341 g/mol. The van der Waals surface area contributed by atoms with Crippen LogP contribution in [0.25, 0.3) is 0 Å². The number of rotatable bonds is 3. The highest BCUT2D eigenvalue weighted by Crippen LogP contribution is 2.38. The summed E-state index contributed by atoms with van der Waals surface area (Å²) in [6.07, 6.45) is -1.60. The lowest BCUT2D eigenvalue weighted by Gasteiger charge is -2.32. The molecule has 132 valence electrons. The molecule has 0 unspecified atom stereocenters.